The number of imidazole rings is 1. The lowest BCUT2D eigenvalue weighted by Crippen LogP contribution is -1.97. The number of hydrogen-bond acceptors (Lipinski definition) is 4. The maximum Gasteiger partial charge on any atom is 0.250 e. The van der Waals surface area contributed by atoms with Gasteiger partial charge in [0, 0.05) is 6.20 Å². The van der Waals surface area contributed by atoms with Crippen molar-refractivity contribution in [2.75, 3.05) is 0 Å². The van der Waals surface area contributed by atoms with Crippen molar-refractivity contribution >= 4 is 12.1 Å². The van der Waals surface area contributed by atoms with Crippen LogP contribution in [-0.4, -0.2) is 25.9 Å². The summed E-state index contributed by atoms with van der Waals surface area (Å²) in [6.07, 6.45) is 5.24. The van der Waals surface area contributed by atoms with Crippen molar-refractivity contribution < 1.29 is 4.79 Å². The van der Waals surface area contributed by atoms with E-state index in [4.69, 9.17) is 0 Å². The Kier molecular flexibility index (Phi) is 1.15. The number of nitrogens with zero attached hydrogens (tertiary/aromatic N) is 4. The van der Waals surface area contributed by atoms with E-state index >= 15 is 0 Å². The zero-order valence-electron chi connectivity index (χ0n) is 5.51. The highest BCUT2D eigenvalue weighted by atomic mass is 16.1. The molecular formula is C6H4N4O. The predicted molar refractivity (Wildman–Crippen MR) is 36.2 cm³/mol. The fourth-order valence-electron chi connectivity index (χ4n) is 0.788. The van der Waals surface area contributed by atoms with Gasteiger partial charge in [-0.15, -0.1) is 0 Å². The van der Waals surface area contributed by atoms with E-state index in [-0.39, 0.29) is 0 Å². The first kappa shape index (κ1) is 5.96. The third kappa shape index (κ3) is 0.861. The van der Waals surface area contributed by atoms with Crippen LogP contribution in [0.15, 0.2) is 18.6 Å². The van der Waals surface area contributed by atoms with Crippen molar-refractivity contribution in [1.82, 2.24) is 19.6 Å². The Hall–Kier alpha value is -1.78. The number of carbonyl (C=O) groups excluding carboxylic acids is 1. The third-order valence-corrected chi connectivity index (χ3v) is 1.26. The lowest BCUT2D eigenvalue weighted by Gasteiger charge is -1.90. The number of hydrogen-bond donors (Lipinski definition) is 0. The predicted octanol–water partition coefficient (Wildman–Crippen LogP) is -0.0632. The van der Waals surface area contributed by atoms with Crippen molar-refractivity contribution in [2.45, 2.75) is 0 Å². The first-order valence-electron chi connectivity index (χ1n) is 3.02. The average molecular weight is 148 g/mol. The molecule has 0 aliphatic heterocycles. The molecule has 0 unspecified atom stereocenters. The van der Waals surface area contributed by atoms with Gasteiger partial charge in [0.15, 0.2) is 6.29 Å². The van der Waals surface area contributed by atoms with Gasteiger partial charge in [-0.05, 0) is 0 Å². The Morgan fingerprint density at radius 1 is 1.45 bits per heavy atom. The van der Waals surface area contributed by atoms with Gasteiger partial charge in [0.2, 0.25) is 0 Å². The summed E-state index contributed by atoms with van der Waals surface area (Å²) in [5.74, 6) is 0.496. The highest BCUT2D eigenvalue weighted by molar-refractivity contribution is 5.70. The molecule has 0 spiro atoms. The highest BCUT2D eigenvalue weighted by Gasteiger charge is 1.96. The number of aldehydes is 1. The molecular weight excluding hydrogens is 144 g/mol. The molecule has 0 saturated heterocycles. The van der Waals surface area contributed by atoms with Gasteiger partial charge in [-0.25, -0.2) is 14.5 Å². The van der Waals surface area contributed by atoms with Crippen molar-refractivity contribution in [3.63, 3.8) is 0 Å². The van der Waals surface area contributed by atoms with Crippen LogP contribution in [0.4, 0.5) is 0 Å². The zero-order valence-corrected chi connectivity index (χ0v) is 5.51. The highest BCUT2D eigenvalue weighted by Crippen LogP contribution is 1.92. The number of carbonyl (C=O) groups is 1. The number of aromatic nitrogens is 4. The molecule has 0 fully saturated rings. The van der Waals surface area contributed by atoms with E-state index in [2.05, 4.69) is 15.1 Å². The fourth-order valence-corrected chi connectivity index (χ4v) is 0.788. The second kappa shape index (κ2) is 2.12. The van der Waals surface area contributed by atoms with E-state index in [1.807, 2.05) is 0 Å². The lowest BCUT2D eigenvalue weighted by atomic mass is 10.5. The average Bonchev–Trinajstić information content (AvgIpc) is 2.50. The standard InChI is InChI=1S/C6H4N4O/c11-4-5-3-8-6-7-1-2-10(6)9-5/h1-4H. The fraction of sp³-hybridized carbons (Fsp3) is 0. The first-order valence-corrected chi connectivity index (χ1v) is 3.02. The Morgan fingerprint density at radius 2 is 2.36 bits per heavy atom. The molecule has 54 valence electrons. The monoisotopic (exact) mass is 148 g/mol. The molecule has 0 atom stereocenters. The second-order valence-electron chi connectivity index (χ2n) is 1.97. The van der Waals surface area contributed by atoms with Gasteiger partial charge in [-0.2, -0.15) is 5.10 Å². The molecule has 0 amide bonds. The molecule has 5 heteroatoms. The van der Waals surface area contributed by atoms with Crippen LogP contribution < -0.4 is 0 Å². The summed E-state index contributed by atoms with van der Waals surface area (Å²) in [7, 11) is 0. The van der Waals surface area contributed by atoms with Gasteiger partial charge < -0.3 is 0 Å². The minimum Gasteiger partial charge on any atom is -0.296 e. The molecule has 0 aromatic carbocycles. The molecule has 2 heterocycles. The van der Waals surface area contributed by atoms with E-state index in [9.17, 15) is 4.79 Å². The minimum atomic E-state index is 0.301. The van der Waals surface area contributed by atoms with Crippen LogP contribution in [0.3, 0.4) is 0 Å². The molecule has 2 aromatic rings. The van der Waals surface area contributed by atoms with Crippen molar-refractivity contribution in [3.8, 4) is 0 Å². The van der Waals surface area contributed by atoms with Crippen LogP contribution in [0.2, 0.25) is 0 Å². The maximum atomic E-state index is 10.2. The number of fused-ring (bicyclic) bond motifs is 1. The van der Waals surface area contributed by atoms with Crippen LogP contribution in [0.5, 0.6) is 0 Å². The van der Waals surface area contributed by atoms with E-state index < -0.39 is 0 Å². The van der Waals surface area contributed by atoms with Gasteiger partial charge in [0.25, 0.3) is 5.78 Å². The van der Waals surface area contributed by atoms with Gasteiger partial charge in [0.1, 0.15) is 5.69 Å². The first-order chi connectivity index (χ1) is 5.40. The molecule has 0 saturated carbocycles. The van der Waals surface area contributed by atoms with E-state index in [1.54, 1.807) is 12.4 Å². The summed E-state index contributed by atoms with van der Waals surface area (Å²) in [5.41, 5.74) is 0.301. The molecule has 0 aliphatic carbocycles. The van der Waals surface area contributed by atoms with Crippen LogP contribution in [0.25, 0.3) is 5.78 Å². The van der Waals surface area contributed by atoms with Gasteiger partial charge in [0.05, 0.1) is 12.4 Å². The Balaban J connectivity index is 2.76. The largest absolute Gasteiger partial charge is 0.296 e. The van der Waals surface area contributed by atoms with Crippen molar-refractivity contribution in [3.05, 3.63) is 24.3 Å². The van der Waals surface area contributed by atoms with Crippen LogP contribution in [0, 0.1) is 0 Å². The normalized spacial score (nSPS) is 10.2. The van der Waals surface area contributed by atoms with E-state index in [1.165, 1.54) is 10.7 Å². The molecule has 0 N–H and O–H groups in total. The van der Waals surface area contributed by atoms with Gasteiger partial charge >= 0.3 is 0 Å². The zero-order chi connectivity index (χ0) is 7.68. The maximum absolute atomic E-state index is 10.2. The van der Waals surface area contributed by atoms with Gasteiger partial charge in [-0.1, -0.05) is 0 Å². The van der Waals surface area contributed by atoms with Crippen LogP contribution >= 0.6 is 0 Å². The molecule has 5 nitrogen and oxygen atoms in total. The summed E-state index contributed by atoms with van der Waals surface area (Å²) in [6.45, 7) is 0. The Labute approximate surface area is 61.7 Å². The Bertz CT molecular complexity index is 394. The smallest absolute Gasteiger partial charge is 0.250 e. The minimum absolute atomic E-state index is 0.301. The van der Waals surface area contributed by atoms with E-state index in [0.717, 1.165) is 0 Å². The second-order valence-corrected chi connectivity index (χ2v) is 1.97. The molecule has 0 aliphatic rings. The SMILES string of the molecule is O=Cc1cnc2nccn2n1. The molecule has 0 bridgehead atoms. The van der Waals surface area contributed by atoms with E-state index in [0.29, 0.717) is 17.8 Å². The topological polar surface area (TPSA) is 60.2 Å². The summed E-state index contributed by atoms with van der Waals surface area (Å²) in [4.78, 5) is 18.0. The summed E-state index contributed by atoms with van der Waals surface area (Å²) in [5, 5.41) is 3.88. The van der Waals surface area contributed by atoms with Crippen LogP contribution in [-0.2, 0) is 0 Å². The molecule has 2 rings (SSSR count). The summed E-state index contributed by atoms with van der Waals surface area (Å²) < 4.78 is 1.45. The third-order valence-electron chi connectivity index (χ3n) is 1.26. The number of rotatable bonds is 1. The quantitative estimate of drug-likeness (QED) is 0.531. The molecule has 2 aromatic heterocycles. The Morgan fingerprint density at radius 3 is 3.18 bits per heavy atom. The van der Waals surface area contributed by atoms with Crippen molar-refractivity contribution in [1.29, 1.82) is 0 Å². The molecule has 11 heavy (non-hydrogen) atoms. The lowest BCUT2D eigenvalue weighted by molar-refractivity contribution is 0.111. The van der Waals surface area contributed by atoms with Crippen molar-refractivity contribution in [2.24, 2.45) is 0 Å². The van der Waals surface area contributed by atoms with Crippen LogP contribution in [0.1, 0.15) is 10.5 Å². The van der Waals surface area contributed by atoms with Gasteiger partial charge in [-0.3, -0.25) is 4.79 Å². The summed E-state index contributed by atoms with van der Waals surface area (Å²) in [6, 6.07) is 0. The molecule has 0 radical (unpaired) electrons. The summed E-state index contributed by atoms with van der Waals surface area (Å²) >= 11 is 0.